The molecule has 1 N–H and O–H groups in total. The molecule has 4 rings (SSSR count). The number of benzene rings is 3. The first kappa shape index (κ1) is 20.0. The van der Waals surface area contributed by atoms with Gasteiger partial charge in [0, 0.05) is 6.07 Å². The first-order valence-electron chi connectivity index (χ1n) is 9.50. The van der Waals surface area contributed by atoms with Gasteiger partial charge in [0.1, 0.15) is 35.4 Å². The van der Waals surface area contributed by atoms with Gasteiger partial charge in [0.2, 0.25) is 0 Å². The molecule has 1 aromatic heterocycles. The van der Waals surface area contributed by atoms with Crippen LogP contribution in [-0.2, 0) is 17.8 Å². The van der Waals surface area contributed by atoms with Gasteiger partial charge in [0.15, 0.2) is 12.0 Å². The van der Waals surface area contributed by atoms with Gasteiger partial charge in [0.25, 0.3) is 0 Å². The highest BCUT2D eigenvalue weighted by Gasteiger charge is 2.13. The van der Waals surface area contributed by atoms with E-state index in [2.05, 4.69) is 11.1 Å². The van der Waals surface area contributed by atoms with E-state index in [0.717, 1.165) is 11.1 Å². The van der Waals surface area contributed by atoms with Crippen LogP contribution in [-0.4, -0.2) is 16.1 Å². The number of hydrogen-bond donors (Lipinski definition) is 1. The zero-order valence-electron chi connectivity index (χ0n) is 16.7. The Hall–Kier alpha value is -4.31. The average Bonchev–Trinajstić information content (AvgIpc) is 3.23. The summed E-state index contributed by atoms with van der Waals surface area (Å²) in [6.45, 7) is 2.09. The molecule has 0 saturated heterocycles. The molecular formula is C24H18N2O5. The standard InChI is InChI=1S/C24H18N2O5/c1-15-17(10-24(27)28)3-2-4-21(15)31-22-11-19(7-6-18(22)12-25)29-13-16-5-8-20-23(9-16)30-14-26-20/h2-9,11,14H,10,13H2,1H3,(H,27,28). The van der Waals surface area contributed by atoms with Crippen molar-refractivity contribution in [3.63, 3.8) is 0 Å². The van der Waals surface area contributed by atoms with E-state index < -0.39 is 5.97 Å². The Balaban J connectivity index is 1.55. The second kappa shape index (κ2) is 8.59. The molecule has 0 radical (unpaired) electrons. The second-order valence-electron chi connectivity index (χ2n) is 6.93. The molecule has 0 aliphatic heterocycles. The van der Waals surface area contributed by atoms with Crippen LogP contribution in [0.2, 0.25) is 0 Å². The number of fused-ring (bicyclic) bond motifs is 1. The number of aromatic nitrogens is 1. The number of carbonyl (C=O) groups is 1. The number of oxazole rings is 1. The van der Waals surface area contributed by atoms with Crippen LogP contribution in [0.4, 0.5) is 0 Å². The molecule has 1 heterocycles. The molecule has 3 aromatic carbocycles. The molecule has 0 amide bonds. The van der Waals surface area contributed by atoms with E-state index >= 15 is 0 Å². The number of nitriles is 1. The van der Waals surface area contributed by atoms with Crippen molar-refractivity contribution in [2.75, 3.05) is 0 Å². The van der Waals surface area contributed by atoms with E-state index in [1.54, 1.807) is 43.3 Å². The van der Waals surface area contributed by atoms with E-state index in [0.29, 0.717) is 46.1 Å². The Morgan fingerprint density at radius 1 is 1.16 bits per heavy atom. The van der Waals surface area contributed by atoms with Crippen LogP contribution in [0.3, 0.4) is 0 Å². The van der Waals surface area contributed by atoms with Crippen LogP contribution in [0.5, 0.6) is 17.2 Å². The van der Waals surface area contributed by atoms with Crippen molar-refractivity contribution in [1.82, 2.24) is 4.98 Å². The van der Waals surface area contributed by atoms with Crippen molar-refractivity contribution >= 4 is 17.1 Å². The van der Waals surface area contributed by atoms with Crippen LogP contribution in [0.1, 0.15) is 22.3 Å². The maximum absolute atomic E-state index is 11.1. The molecule has 0 bridgehead atoms. The molecule has 0 aliphatic rings. The van der Waals surface area contributed by atoms with Gasteiger partial charge in [-0.1, -0.05) is 18.2 Å². The smallest absolute Gasteiger partial charge is 0.307 e. The molecule has 154 valence electrons. The molecule has 31 heavy (non-hydrogen) atoms. The average molecular weight is 414 g/mol. The summed E-state index contributed by atoms with van der Waals surface area (Å²) in [4.78, 5) is 15.2. The van der Waals surface area contributed by atoms with Crippen molar-refractivity contribution in [1.29, 1.82) is 5.26 Å². The zero-order chi connectivity index (χ0) is 21.8. The molecule has 7 heteroatoms. The third-order valence-corrected chi connectivity index (χ3v) is 4.83. The van der Waals surface area contributed by atoms with E-state index in [-0.39, 0.29) is 6.42 Å². The summed E-state index contributed by atoms with van der Waals surface area (Å²) in [6, 6.07) is 17.9. The molecular weight excluding hydrogens is 396 g/mol. The Kier molecular flexibility index (Phi) is 5.54. The van der Waals surface area contributed by atoms with Gasteiger partial charge >= 0.3 is 5.97 Å². The molecule has 0 fully saturated rings. The molecule has 0 saturated carbocycles. The van der Waals surface area contributed by atoms with Crippen molar-refractivity contribution in [2.45, 2.75) is 20.0 Å². The summed E-state index contributed by atoms with van der Waals surface area (Å²) in [5.41, 5.74) is 4.07. The number of nitrogens with zero attached hydrogens (tertiary/aromatic N) is 2. The van der Waals surface area contributed by atoms with E-state index in [4.69, 9.17) is 19.0 Å². The largest absolute Gasteiger partial charge is 0.489 e. The van der Waals surface area contributed by atoms with Crippen LogP contribution in [0, 0.1) is 18.3 Å². The van der Waals surface area contributed by atoms with Crippen molar-refractivity contribution in [3.05, 3.63) is 83.2 Å². The van der Waals surface area contributed by atoms with E-state index in [9.17, 15) is 10.1 Å². The third-order valence-electron chi connectivity index (χ3n) is 4.83. The first-order chi connectivity index (χ1) is 15.0. The van der Waals surface area contributed by atoms with Crippen LogP contribution < -0.4 is 9.47 Å². The summed E-state index contributed by atoms with van der Waals surface area (Å²) in [6.07, 6.45) is 1.29. The predicted molar refractivity (Wildman–Crippen MR) is 112 cm³/mol. The molecule has 0 aliphatic carbocycles. The normalized spacial score (nSPS) is 10.6. The molecule has 0 unspecified atom stereocenters. The number of rotatable bonds is 7. The minimum absolute atomic E-state index is 0.104. The number of carboxylic acids is 1. The minimum Gasteiger partial charge on any atom is -0.489 e. The Bertz CT molecular complexity index is 1300. The minimum atomic E-state index is -0.920. The Morgan fingerprint density at radius 2 is 2.03 bits per heavy atom. The lowest BCUT2D eigenvalue weighted by molar-refractivity contribution is -0.136. The lowest BCUT2D eigenvalue weighted by Crippen LogP contribution is -2.03. The highest BCUT2D eigenvalue weighted by molar-refractivity contribution is 5.72. The van der Waals surface area contributed by atoms with Crippen molar-refractivity contribution in [2.24, 2.45) is 0 Å². The van der Waals surface area contributed by atoms with Gasteiger partial charge in [0.05, 0.1) is 12.0 Å². The van der Waals surface area contributed by atoms with Crippen LogP contribution in [0.25, 0.3) is 11.1 Å². The zero-order valence-corrected chi connectivity index (χ0v) is 16.7. The Labute approximate surface area is 178 Å². The lowest BCUT2D eigenvalue weighted by atomic mass is 10.0. The number of aliphatic carboxylic acids is 1. The summed E-state index contributed by atoms with van der Waals surface area (Å²) >= 11 is 0. The summed E-state index contributed by atoms with van der Waals surface area (Å²) in [5.74, 6) is 0.437. The monoisotopic (exact) mass is 414 g/mol. The van der Waals surface area contributed by atoms with Gasteiger partial charge in [-0.25, -0.2) is 4.98 Å². The fourth-order valence-corrected chi connectivity index (χ4v) is 3.17. The highest BCUT2D eigenvalue weighted by Crippen LogP contribution is 2.32. The number of ether oxygens (including phenoxy) is 2. The summed E-state index contributed by atoms with van der Waals surface area (Å²) in [5, 5.41) is 18.5. The quantitative estimate of drug-likeness (QED) is 0.453. The van der Waals surface area contributed by atoms with Gasteiger partial charge in [-0.3, -0.25) is 4.79 Å². The van der Waals surface area contributed by atoms with E-state index in [1.165, 1.54) is 6.39 Å². The van der Waals surface area contributed by atoms with Crippen LogP contribution in [0.15, 0.2) is 65.4 Å². The lowest BCUT2D eigenvalue weighted by Gasteiger charge is -2.14. The topological polar surface area (TPSA) is 106 Å². The SMILES string of the molecule is Cc1c(CC(=O)O)cccc1Oc1cc(OCc2ccc3ncoc3c2)ccc1C#N. The van der Waals surface area contributed by atoms with E-state index in [1.807, 2.05) is 18.2 Å². The fraction of sp³-hybridized carbons (Fsp3) is 0.125. The molecule has 7 nitrogen and oxygen atoms in total. The number of carboxylic acid groups (broad SMARTS) is 1. The van der Waals surface area contributed by atoms with Gasteiger partial charge in [-0.15, -0.1) is 0 Å². The predicted octanol–water partition coefficient (Wildman–Crippen LogP) is 5.01. The van der Waals surface area contributed by atoms with Gasteiger partial charge in [-0.05, 0) is 53.9 Å². The Morgan fingerprint density at radius 3 is 2.84 bits per heavy atom. The summed E-state index contributed by atoms with van der Waals surface area (Å²) < 4.78 is 17.2. The first-order valence-corrected chi connectivity index (χ1v) is 9.50. The van der Waals surface area contributed by atoms with Gasteiger partial charge < -0.3 is 19.0 Å². The van der Waals surface area contributed by atoms with Crippen molar-refractivity contribution in [3.8, 4) is 23.3 Å². The highest BCUT2D eigenvalue weighted by atomic mass is 16.5. The third kappa shape index (κ3) is 4.49. The number of hydrogen-bond acceptors (Lipinski definition) is 6. The molecule has 4 aromatic rings. The van der Waals surface area contributed by atoms with Crippen molar-refractivity contribution < 1.29 is 23.8 Å². The second-order valence-corrected chi connectivity index (χ2v) is 6.93. The summed E-state index contributed by atoms with van der Waals surface area (Å²) in [7, 11) is 0. The molecule has 0 spiro atoms. The maximum Gasteiger partial charge on any atom is 0.307 e. The maximum atomic E-state index is 11.1. The van der Waals surface area contributed by atoms with Gasteiger partial charge in [-0.2, -0.15) is 5.26 Å². The van der Waals surface area contributed by atoms with Crippen LogP contribution >= 0.6 is 0 Å². The molecule has 0 atom stereocenters. The fourth-order valence-electron chi connectivity index (χ4n) is 3.17.